The lowest BCUT2D eigenvalue weighted by Crippen LogP contribution is -2.42. The predicted octanol–water partition coefficient (Wildman–Crippen LogP) is 4.83. The Kier molecular flexibility index (Phi) is 6.31. The summed E-state index contributed by atoms with van der Waals surface area (Å²) in [6.45, 7) is 6.74. The maximum atomic E-state index is 14.8. The summed E-state index contributed by atoms with van der Waals surface area (Å²) < 4.78 is 34.7. The zero-order valence-corrected chi connectivity index (χ0v) is 17.6. The van der Waals surface area contributed by atoms with Gasteiger partial charge in [0.15, 0.2) is 5.78 Å². The first-order valence-electron chi connectivity index (χ1n) is 9.67. The van der Waals surface area contributed by atoms with Crippen molar-refractivity contribution in [2.45, 2.75) is 39.3 Å². The number of ketones is 1. The summed E-state index contributed by atoms with van der Waals surface area (Å²) in [5, 5.41) is 1.25. The third-order valence-electron chi connectivity index (χ3n) is 4.51. The molecule has 0 bridgehead atoms. The summed E-state index contributed by atoms with van der Waals surface area (Å²) in [5.74, 6) is -2.74. The van der Waals surface area contributed by atoms with Crippen LogP contribution in [-0.2, 0) is 4.74 Å². The molecule has 2 aromatic carbocycles. The Balaban J connectivity index is 1.83. The van der Waals surface area contributed by atoms with Crippen molar-refractivity contribution in [2.24, 2.45) is 0 Å². The first-order chi connectivity index (χ1) is 14.6. The molecule has 0 spiro atoms. The molecular weight excluding hydrogens is 404 g/mol. The van der Waals surface area contributed by atoms with Crippen LogP contribution in [-0.4, -0.2) is 22.5 Å². The molecule has 6 nitrogen and oxygen atoms in total. The molecule has 2 N–H and O–H groups in total. The number of hydrazine groups is 1. The lowest BCUT2D eigenvalue weighted by atomic mass is 9.96. The lowest BCUT2D eigenvalue weighted by Gasteiger charge is -2.21. The molecule has 0 aliphatic heterocycles. The number of benzene rings is 2. The van der Waals surface area contributed by atoms with E-state index in [1.165, 1.54) is 12.3 Å². The number of amides is 1. The average molecular weight is 427 g/mol. The fourth-order valence-corrected chi connectivity index (χ4v) is 3.07. The second-order valence-corrected chi connectivity index (χ2v) is 8.08. The fraction of sp³-hybridized carbons (Fsp3) is 0.261. The Morgan fingerprint density at radius 3 is 2.42 bits per heavy atom. The molecule has 1 atom stereocenters. The number of carbonyl (C=O) groups excluding carboxylic acids is 2. The minimum Gasteiger partial charge on any atom is -0.443 e. The summed E-state index contributed by atoms with van der Waals surface area (Å²) in [5.41, 5.74) is 4.03. The molecule has 3 rings (SSSR count). The maximum Gasteiger partial charge on any atom is 0.422 e. The molecule has 1 aromatic heterocycles. The largest absolute Gasteiger partial charge is 0.443 e. The second-order valence-electron chi connectivity index (χ2n) is 8.08. The molecule has 0 saturated heterocycles. The van der Waals surface area contributed by atoms with Crippen LogP contribution in [0.25, 0.3) is 10.8 Å². The van der Waals surface area contributed by atoms with Gasteiger partial charge < -0.3 is 4.74 Å². The number of hydrogen-bond acceptors (Lipinski definition) is 5. The SMILES string of the molecule is CC(NNC(=O)OC(C)(C)C)c1cc(F)c(C(=O)c2cccc3cnccc23)c(F)c1. The van der Waals surface area contributed by atoms with E-state index in [1.807, 2.05) is 0 Å². The van der Waals surface area contributed by atoms with Gasteiger partial charge in [-0.15, -0.1) is 0 Å². The van der Waals surface area contributed by atoms with E-state index in [9.17, 15) is 18.4 Å². The Labute approximate surface area is 178 Å². The van der Waals surface area contributed by atoms with Crippen LogP contribution < -0.4 is 10.9 Å². The van der Waals surface area contributed by atoms with Crippen LogP contribution in [0.15, 0.2) is 48.8 Å². The van der Waals surface area contributed by atoms with Gasteiger partial charge >= 0.3 is 6.09 Å². The topological polar surface area (TPSA) is 80.3 Å². The second kappa shape index (κ2) is 8.77. The summed E-state index contributed by atoms with van der Waals surface area (Å²) >= 11 is 0. The van der Waals surface area contributed by atoms with E-state index in [0.29, 0.717) is 10.8 Å². The van der Waals surface area contributed by atoms with Gasteiger partial charge in [0, 0.05) is 29.4 Å². The van der Waals surface area contributed by atoms with Crippen LogP contribution in [0.3, 0.4) is 0 Å². The van der Waals surface area contributed by atoms with E-state index in [2.05, 4.69) is 15.8 Å². The number of halogens is 2. The highest BCUT2D eigenvalue weighted by Gasteiger charge is 2.23. The van der Waals surface area contributed by atoms with Crippen molar-refractivity contribution < 1.29 is 23.1 Å². The molecule has 0 aliphatic carbocycles. The van der Waals surface area contributed by atoms with Crippen LogP contribution in [0.4, 0.5) is 13.6 Å². The van der Waals surface area contributed by atoms with Gasteiger partial charge in [0.2, 0.25) is 0 Å². The van der Waals surface area contributed by atoms with Gasteiger partial charge in [-0.3, -0.25) is 15.2 Å². The fourth-order valence-electron chi connectivity index (χ4n) is 3.07. The monoisotopic (exact) mass is 427 g/mol. The zero-order chi connectivity index (χ0) is 22.8. The number of carbonyl (C=O) groups is 2. The van der Waals surface area contributed by atoms with E-state index in [-0.39, 0.29) is 11.1 Å². The predicted molar refractivity (Wildman–Crippen MR) is 112 cm³/mol. The van der Waals surface area contributed by atoms with Gasteiger partial charge in [-0.2, -0.15) is 0 Å². The Morgan fingerprint density at radius 2 is 1.77 bits per heavy atom. The van der Waals surface area contributed by atoms with Gasteiger partial charge in [0.25, 0.3) is 0 Å². The van der Waals surface area contributed by atoms with Gasteiger partial charge in [-0.25, -0.2) is 19.0 Å². The minimum absolute atomic E-state index is 0.184. The van der Waals surface area contributed by atoms with E-state index in [0.717, 1.165) is 12.1 Å². The summed E-state index contributed by atoms with van der Waals surface area (Å²) in [7, 11) is 0. The molecule has 1 amide bonds. The smallest absolute Gasteiger partial charge is 0.422 e. The molecule has 0 aliphatic rings. The number of hydrogen-bond donors (Lipinski definition) is 2. The number of pyridine rings is 1. The third-order valence-corrected chi connectivity index (χ3v) is 4.51. The Hall–Kier alpha value is -3.39. The number of fused-ring (bicyclic) bond motifs is 1. The molecule has 0 saturated carbocycles. The van der Waals surface area contributed by atoms with Gasteiger partial charge in [0.05, 0.1) is 5.56 Å². The van der Waals surface area contributed by atoms with Crippen LogP contribution in [0.2, 0.25) is 0 Å². The Bertz CT molecular complexity index is 1110. The standard InChI is InChI=1S/C23H23F2N3O3/c1-13(27-28-22(30)31-23(2,3)4)15-10-18(24)20(19(25)11-15)21(29)17-7-5-6-14-12-26-9-8-16(14)17/h5-13,27H,1-4H3,(H,28,30). The van der Waals surface area contributed by atoms with Crippen molar-refractivity contribution in [3.8, 4) is 0 Å². The third kappa shape index (κ3) is 5.21. The van der Waals surface area contributed by atoms with Crippen molar-refractivity contribution in [3.63, 3.8) is 0 Å². The van der Waals surface area contributed by atoms with Crippen LogP contribution in [0.1, 0.15) is 55.2 Å². The summed E-state index contributed by atoms with van der Waals surface area (Å²) in [4.78, 5) is 28.7. The molecule has 162 valence electrons. The van der Waals surface area contributed by atoms with Crippen molar-refractivity contribution in [2.75, 3.05) is 0 Å². The molecular formula is C23H23F2N3O3. The van der Waals surface area contributed by atoms with Crippen molar-refractivity contribution in [1.82, 2.24) is 15.8 Å². The van der Waals surface area contributed by atoms with Crippen LogP contribution in [0.5, 0.6) is 0 Å². The van der Waals surface area contributed by atoms with Crippen molar-refractivity contribution in [1.29, 1.82) is 0 Å². The van der Waals surface area contributed by atoms with Crippen molar-refractivity contribution >= 4 is 22.6 Å². The molecule has 1 unspecified atom stereocenters. The van der Waals surface area contributed by atoms with Crippen LogP contribution in [0, 0.1) is 11.6 Å². The molecule has 0 radical (unpaired) electrons. The number of aromatic nitrogens is 1. The average Bonchev–Trinajstić information content (AvgIpc) is 2.69. The van der Waals surface area contributed by atoms with E-state index < -0.39 is 40.7 Å². The van der Waals surface area contributed by atoms with Crippen LogP contribution >= 0.6 is 0 Å². The number of nitrogens with one attached hydrogen (secondary N) is 2. The summed E-state index contributed by atoms with van der Waals surface area (Å²) in [6, 6.07) is 8.03. The van der Waals surface area contributed by atoms with E-state index in [1.54, 1.807) is 52.1 Å². The van der Waals surface area contributed by atoms with Gasteiger partial charge in [-0.05, 0) is 56.8 Å². The highest BCUT2D eigenvalue weighted by Crippen LogP contribution is 2.26. The molecule has 1 heterocycles. The van der Waals surface area contributed by atoms with E-state index >= 15 is 0 Å². The summed E-state index contributed by atoms with van der Waals surface area (Å²) in [6.07, 6.45) is 2.37. The lowest BCUT2D eigenvalue weighted by molar-refractivity contribution is 0.0489. The van der Waals surface area contributed by atoms with Crippen molar-refractivity contribution in [3.05, 3.63) is 77.1 Å². The molecule has 0 fully saturated rings. The molecule has 8 heteroatoms. The first-order valence-corrected chi connectivity index (χ1v) is 9.67. The maximum absolute atomic E-state index is 14.8. The molecule has 3 aromatic rings. The number of nitrogens with zero attached hydrogens (tertiary/aromatic N) is 1. The number of ether oxygens (including phenoxy) is 1. The molecule has 31 heavy (non-hydrogen) atoms. The highest BCUT2D eigenvalue weighted by molar-refractivity contribution is 6.16. The highest BCUT2D eigenvalue weighted by atomic mass is 19.1. The first kappa shape index (κ1) is 22.3. The Morgan fingerprint density at radius 1 is 1.10 bits per heavy atom. The normalized spacial score (nSPS) is 12.5. The van der Waals surface area contributed by atoms with Gasteiger partial charge in [0.1, 0.15) is 17.2 Å². The minimum atomic E-state index is -0.989. The quantitative estimate of drug-likeness (QED) is 0.450. The van der Waals surface area contributed by atoms with E-state index in [4.69, 9.17) is 4.74 Å². The zero-order valence-electron chi connectivity index (χ0n) is 17.6. The number of rotatable bonds is 5. The van der Waals surface area contributed by atoms with Gasteiger partial charge in [-0.1, -0.05) is 18.2 Å².